The first-order chi connectivity index (χ1) is 11.6. The number of morpholine rings is 1. The number of aromatic nitrogens is 1. The number of pyridine rings is 1. The van der Waals surface area contributed by atoms with Crippen LogP contribution in [0.15, 0.2) is 47.1 Å². The zero-order chi connectivity index (χ0) is 16.9. The fraction of sp³-hybridized carbons (Fsp3) is 0.294. The number of halogens is 2. The van der Waals surface area contributed by atoms with E-state index in [4.69, 9.17) is 9.47 Å². The molecule has 0 radical (unpaired) electrons. The van der Waals surface area contributed by atoms with Crippen LogP contribution in [0.1, 0.15) is 10.5 Å². The third-order valence-corrected chi connectivity index (χ3v) is 4.05. The second kappa shape index (κ2) is 7.72. The molecular weight excluding hydrogens is 379 g/mol. The molecule has 1 aliphatic heterocycles. The van der Waals surface area contributed by atoms with Crippen LogP contribution >= 0.6 is 15.9 Å². The molecule has 24 heavy (non-hydrogen) atoms. The number of carbonyl (C=O) groups excluding carboxylic acids is 1. The standard InChI is InChI=1S/C17H16BrFN2O3/c18-16-3-1-2-15(20-16)17(22)21-8-9-23-14(10-21)11-24-13-6-4-12(19)5-7-13/h1-7,14H,8-11H2/t14-/m0/s1. The summed E-state index contributed by atoms with van der Waals surface area (Å²) in [6, 6.07) is 11.0. The first kappa shape index (κ1) is 16.9. The highest BCUT2D eigenvalue weighted by atomic mass is 79.9. The Bertz CT molecular complexity index is 711. The summed E-state index contributed by atoms with van der Waals surface area (Å²) >= 11 is 3.27. The molecule has 1 aromatic carbocycles. The molecule has 1 amide bonds. The van der Waals surface area contributed by atoms with Crippen LogP contribution in [-0.2, 0) is 4.74 Å². The fourth-order valence-electron chi connectivity index (χ4n) is 2.41. The van der Waals surface area contributed by atoms with Crippen LogP contribution in [0.25, 0.3) is 0 Å². The van der Waals surface area contributed by atoms with Crippen molar-refractivity contribution < 1.29 is 18.7 Å². The van der Waals surface area contributed by atoms with Gasteiger partial charge in [0.15, 0.2) is 0 Å². The summed E-state index contributed by atoms with van der Waals surface area (Å²) in [5, 5.41) is 0. The van der Waals surface area contributed by atoms with Crippen molar-refractivity contribution in [3.05, 3.63) is 58.6 Å². The van der Waals surface area contributed by atoms with Gasteiger partial charge in [-0.2, -0.15) is 0 Å². The Hall–Kier alpha value is -1.99. The first-order valence-electron chi connectivity index (χ1n) is 7.53. The van der Waals surface area contributed by atoms with Crippen LogP contribution in [0.5, 0.6) is 5.75 Å². The first-order valence-corrected chi connectivity index (χ1v) is 8.33. The number of ether oxygens (including phenoxy) is 2. The topological polar surface area (TPSA) is 51.7 Å². The highest BCUT2D eigenvalue weighted by molar-refractivity contribution is 9.10. The van der Waals surface area contributed by atoms with Gasteiger partial charge in [-0.05, 0) is 52.3 Å². The van der Waals surface area contributed by atoms with E-state index in [1.54, 1.807) is 35.2 Å². The van der Waals surface area contributed by atoms with Crippen molar-refractivity contribution in [3.63, 3.8) is 0 Å². The number of rotatable bonds is 4. The summed E-state index contributed by atoms with van der Waals surface area (Å²) in [5.41, 5.74) is 0.393. The predicted molar refractivity (Wildman–Crippen MR) is 89.5 cm³/mol. The van der Waals surface area contributed by atoms with Crippen LogP contribution < -0.4 is 4.74 Å². The number of nitrogens with zero attached hydrogens (tertiary/aromatic N) is 2. The SMILES string of the molecule is O=C(c1cccc(Br)n1)N1CCO[C@H](COc2ccc(F)cc2)C1. The van der Waals surface area contributed by atoms with Crippen molar-refractivity contribution in [2.45, 2.75) is 6.10 Å². The Labute approximate surface area is 147 Å². The maximum absolute atomic E-state index is 12.9. The van der Waals surface area contributed by atoms with Crippen LogP contribution in [-0.4, -0.2) is 48.2 Å². The van der Waals surface area contributed by atoms with Gasteiger partial charge in [-0.1, -0.05) is 6.07 Å². The molecule has 5 nitrogen and oxygen atoms in total. The average molecular weight is 395 g/mol. The summed E-state index contributed by atoms with van der Waals surface area (Å²) < 4.78 is 24.7. The van der Waals surface area contributed by atoms with E-state index in [9.17, 15) is 9.18 Å². The Morgan fingerprint density at radius 2 is 2.12 bits per heavy atom. The van der Waals surface area contributed by atoms with Gasteiger partial charge in [0, 0.05) is 6.54 Å². The molecule has 0 bridgehead atoms. The molecule has 7 heteroatoms. The molecule has 126 valence electrons. The molecule has 0 spiro atoms. The summed E-state index contributed by atoms with van der Waals surface area (Å²) in [6.07, 6.45) is -0.236. The van der Waals surface area contributed by atoms with E-state index >= 15 is 0 Å². The lowest BCUT2D eigenvalue weighted by Gasteiger charge is -2.32. The average Bonchev–Trinajstić information content (AvgIpc) is 2.61. The van der Waals surface area contributed by atoms with Gasteiger partial charge >= 0.3 is 0 Å². The van der Waals surface area contributed by atoms with Crippen LogP contribution in [0, 0.1) is 5.82 Å². The van der Waals surface area contributed by atoms with Gasteiger partial charge in [0.2, 0.25) is 0 Å². The molecular formula is C17H16BrFN2O3. The van der Waals surface area contributed by atoms with E-state index in [1.807, 2.05) is 0 Å². The molecule has 0 unspecified atom stereocenters. The predicted octanol–water partition coefficient (Wildman–Crippen LogP) is 2.90. The maximum Gasteiger partial charge on any atom is 0.272 e. The van der Waals surface area contributed by atoms with E-state index in [2.05, 4.69) is 20.9 Å². The van der Waals surface area contributed by atoms with Gasteiger partial charge in [0.05, 0.1) is 13.2 Å². The number of carbonyl (C=O) groups is 1. The minimum absolute atomic E-state index is 0.133. The van der Waals surface area contributed by atoms with Crippen molar-refractivity contribution in [1.82, 2.24) is 9.88 Å². The van der Waals surface area contributed by atoms with E-state index < -0.39 is 0 Å². The summed E-state index contributed by atoms with van der Waals surface area (Å²) in [4.78, 5) is 18.4. The highest BCUT2D eigenvalue weighted by Crippen LogP contribution is 2.15. The zero-order valence-corrected chi connectivity index (χ0v) is 14.4. The zero-order valence-electron chi connectivity index (χ0n) is 12.8. The molecule has 2 aromatic rings. The van der Waals surface area contributed by atoms with Crippen molar-refractivity contribution >= 4 is 21.8 Å². The molecule has 0 aliphatic carbocycles. The second-order valence-corrected chi connectivity index (χ2v) is 6.17. The lowest BCUT2D eigenvalue weighted by molar-refractivity contribution is -0.0402. The van der Waals surface area contributed by atoms with Gasteiger partial charge in [-0.25, -0.2) is 9.37 Å². The van der Waals surface area contributed by atoms with E-state index in [0.717, 1.165) is 0 Å². The molecule has 1 saturated heterocycles. The van der Waals surface area contributed by atoms with Gasteiger partial charge in [-0.3, -0.25) is 4.79 Å². The second-order valence-electron chi connectivity index (χ2n) is 5.35. The van der Waals surface area contributed by atoms with E-state index in [1.165, 1.54) is 12.1 Å². The molecule has 1 aromatic heterocycles. The summed E-state index contributed by atoms with van der Waals surface area (Å²) in [7, 11) is 0. The molecule has 3 rings (SSSR count). The number of hydrogen-bond donors (Lipinski definition) is 0. The molecule has 1 fully saturated rings. The van der Waals surface area contributed by atoms with Crippen LogP contribution in [0.2, 0.25) is 0 Å². The summed E-state index contributed by atoms with van der Waals surface area (Å²) in [6.45, 7) is 1.67. The highest BCUT2D eigenvalue weighted by Gasteiger charge is 2.26. The van der Waals surface area contributed by atoms with Gasteiger partial charge < -0.3 is 14.4 Å². The van der Waals surface area contributed by atoms with Crippen molar-refractivity contribution in [1.29, 1.82) is 0 Å². The fourth-order valence-corrected chi connectivity index (χ4v) is 2.76. The van der Waals surface area contributed by atoms with E-state index in [0.29, 0.717) is 42.3 Å². The molecule has 1 atom stereocenters. The molecule has 0 N–H and O–H groups in total. The monoisotopic (exact) mass is 394 g/mol. The van der Waals surface area contributed by atoms with Gasteiger partial charge in [0.1, 0.15) is 34.6 Å². The number of hydrogen-bond acceptors (Lipinski definition) is 4. The largest absolute Gasteiger partial charge is 0.491 e. The van der Waals surface area contributed by atoms with Crippen molar-refractivity contribution in [2.24, 2.45) is 0 Å². The minimum atomic E-state index is -0.311. The minimum Gasteiger partial charge on any atom is -0.491 e. The van der Waals surface area contributed by atoms with Crippen molar-refractivity contribution in [2.75, 3.05) is 26.3 Å². The Kier molecular flexibility index (Phi) is 5.42. The molecule has 0 saturated carbocycles. The van der Waals surface area contributed by atoms with E-state index in [-0.39, 0.29) is 17.8 Å². The maximum atomic E-state index is 12.9. The smallest absolute Gasteiger partial charge is 0.272 e. The van der Waals surface area contributed by atoms with Gasteiger partial charge in [-0.15, -0.1) is 0 Å². The summed E-state index contributed by atoms with van der Waals surface area (Å²) in [5.74, 6) is 0.123. The van der Waals surface area contributed by atoms with Crippen LogP contribution in [0.3, 0.4) is 0 Å². The van der Waals surface area contributed by atoms with Crippen LogP contribution in [0.4, 0.5) is 4.39 Å². The molecule has 1 aliphatic rings. The number of amides is 1. The van der Waals surface area contributed by atoms with Gasteiger partial charge in [0.25, 0.3) is 5.91 Å². The third-order valence-electron chi connectivity index (χ3n) is 3.61. The lowest BCUT2D eigenvalue weighted by Crippen LogP contribution is -2.47. The third kappa shape index (κ3) is 4.30. The Balaban J connectivity index is 1.57. The lowest BCUT2D eigenvalue weighted by atomic mass is 10.2. The van der Waals surface area contributed by atoms with Crippen molar-refractivity contribution in [3.8, 4) is 5.75 Å². The quantitative estimate of drug-likeness (QED) is 0.748. The normalized spacial score (nSPS) is 17.6. The Morgan fingerprint density at radius 3 is 2.88 bits per heavy atom. The Morgan fingerprint density at radius 1 is 1.33 bits per heavy atom. The number of benzene rings is 1. The molecule has 2 heterocycles.